The van der Waals surface area contributed by atoms with Gasteiger partial charge in [0.25, 0.3) is 5.69 Å². The molecule has 7 heteroatoms. The second kappa shape index (κ2) is 8.90. The molecule has 1 N–H and O–H groups in total. The Morgan fingerprint density at radius 2 is 1.79 bits per heavy atom. The zero-order chi connectivity index (χ0) is 20.1. The molecule has 0 atom stereocenters. The molecule has 2 heterocycles. The highest BCUT2D eigenvalue weighted by atomic mass is 16.6. The highest BCUT2D eigenvalue weighted by Crippen LogP contribution is 2.31. The molecule has 0 unspecified atom stereocenters. The lowest BCUT2D eigenvalue weighted by Gasteiger charge is -2.41. The lowest BCUT2D eigenvalue weighted by molar-refractivity contribution is -0.384. The molecule has 0 saturated carbocycles. The Kier molecular flexibility index (Phi) is 6.54. The summed E-state index contributed by atoms with van der Waals surface area (Å²) >= 11 is 0. The summed E-state index contributed by atoms with van der Waals surface area (Å²) in [6, 6.07) is 6.84. The number of rotatable bonds is 6. The minimum absolute atomic E-state index is 0.0174. The van der Waals surface area contributed by atoms with Gasteiger partial charge in [0.2, 0.25) is 5.91 Å². The van der Waals surface area contributed by atoms with E-state index in [9.17, 15) is 14.9 Å². The summed E-state index contributed by atoms with van der Waals surface area (Å²) in [6.45, 7) is 8.62. The quantitative estimate of drug-likeness (QED) is 0.598. The number of carbonyl (C=O) groups excluding carboxylic acids is 1. The molecule has 1 amide bonds. The molecule has 2 aliphatic heterocycles. The van der Waals surface area contributed by atoms with Gasteiger partial charge in [-0.2, -0.15) is 0 Å². The second-order valence-corrected chi connectivity index (χ2v) is 8.59. The van der Waals surface area contributed by atoms with Crippen molar-refractivity contribution >= 4 is 17.3 Å². The molecule has 3 rings (SSSR count). The molecular weight excluding hydrogens is 356 g/mol. The van der Waals surface area contributed by atoms with Crippen molar-refractivity contribution in [3.8, 4) is 0 Å². The lowest BCUT2D eigenvalue weighted by Crippen LogP contribution is -2.54. The highest BCUT2D eigenvalue weighted by molar-refractivity contribution is 5.79. The van der Waals surface area contributed by atoms with E-state index in [1.165, 1.54) is 25.3 Å². The summed E-state index contributed by atoms with van der Waals surface area (Å²) < 4.78 is 0. The lowest BCUT2D eigenvalue weighted by atomic mass is 9.94. The molecule has 2 fully saturated rings. The molecule has 0 spiro atoms. The van der Waals surface area contributed by atoms with E-state index in [1.807, 2.05) is 11.0 Å². The van der Waals surface area contributed by atoms with Crippen molar-refractivity contribution < 1.29 is 9.72 Å². The van der Waals surface area contributed by atoms with Crippen LogP contribution in [0.1, 0.15) is 46.0 Å². The molecule has 0 aliphatic carbocycles. The van der Waals surface area contributed by atoms with Crippen LogP contribution >= 0.6 is 0 Å². The Morgan fingerprint density at radius 3 is 2.43 bits per heavy atom. The fraction of sp³-hybridized carbons (Fsp3) is 0.667. The minimum Gasteiger partial charge on any atom is -0.366 e. The number of piperidine rings is 2. The fourth-order valence-corrected chi connectivity index (χ4v) is 4.33. The van der Waals surface area contributed by atoms with E-state index in [0.29, 0.717) is 25.3 Å². The Bertz CT molecular complexity index is 693. The number of nitrogens with zero attached hydrogens (tertiary/aromatic N) is 3. The molecule has 154 valence electrons. The molecule has 2 saturated heterocycles. The number of carbonyl (C=O) groups is 1. The molecule has 1 aromatic rings. The Hall–Kier alpha value is -2.15. The number of nitro groups is 1. The van der Waals surface area contributed by atoms with Crippen LogP contribution in [-0.4, -0.2) is 54.0 Å². The van der Waals surface area contributed by atoms with Gasteiger partial charge in [-0.15, -0.1) is 0 Å². The summed E-state index contributed by atoms with van der Waals surface area (Å²) in [7, 11) is 0. The summed E-state index contributed by atoms with van der Waals surface area (Å²) in [5.41, 5.74) is 0.757. The molecule has 2 aliphatic rings. The normalized spacial score (nSPS) is 19.4. The molecular formula is C21H32N4O3. The van der Waals surface area contributed by atoms with Crippen LogP contribution in [0.4, 0.5) is 11.4 Å². The van der Waals surface area contributed by atoms with Gasteiger partial charge in [-0.3, -0.25) is 19.8 Å². The third kappa shape index (κ3) is 4.82. The zero-order valence-electron chi connectivity index (χ0n) is 17.0. The maximum atomic E-state index is 12.7. The molecule has 7 nitrogen and oxygen atoms in total. The number of para-hydroxylation sites is 2. The fourth-order valence-electron chi connectivity index (χ4n) is 4.33. The van der Waals surface area contributed by atoms with E-state index < -0.39 is 0 Å². The van der Waals surface area contributed by atoms with Gasteiger partial charge in [-0.25, -0.2) is 0 Å². The minimum atomic E-state index is -0.336. The number of hydrogen-bond acceptors (Lipinski definition) is 5. The van der Waals surface area contributed by atoms with Crippen LogP contribution in [0.5, 0.6) is 0 Å². The number of nitro benzene ring substituents is 1. The summed E-state index contributed by atoms with van der Waals surface area (Å²) in [5.74, 6) is 0.100. The number of anilines is 1. The maximum absolute atomic E-state index is 12.7. The van der Waals surface area contributed by atoms with Crippen LogP contribution in [0.15, 0.2) is 24.3 Å². The first-order valence-electron chi connectivity index (χ1n) is 10.4. The van der Waals surface area contributed by atoms with Crippen molar-refractivity contribution in [1.82, 2.24) is 10.2 Å². The van der Waals surface area contributed by atoms with Crippen molar-refractivity contribution in [2.24, 2.45) is 5.92 Å². The molecule has 0 bridgehead atoms. The van der Waals surface area contributed by atoms with Gasteiger partial charge in [0.05, 0.1) is 4.92 Å². The SMILES string of the molecule is CC(C)(CNC(=O)C1CCN(c2ccccc2[N+](=O)[O-])CC1)N1CCCCC1. The Balaban J connectivity index is 1.51. The van der Waals surface area contributed by atoms with Crippen molar-refractivity contribution in [1.29, 1.82) is 0 Å². The van der Waals surface area contributed by atoms with Crippen molar-refractivity contribution in [3.63, 3.8) is 0 Å². The van der Waals surface area contributed by atoms with E-state index in [4.69, 9.17) is 0 Å². The van der Waals surface area contributed by atoms with Crippen LogP contribution in [-0.2, 0) is 4.79 Å². The van der Waals surface area contributed by atoms with Crippen molar-refractivity contribution in [2.75, 3.05) is 37.6 Å². The Labute approximate surface area is 167 Å². The van der Waals surface area contributed by atoms with E-state index in [-0.39, 0.29) is 28.0 Å². The van der Waals surface area contributed by atoms with Crippen LogP contribution in [0, 0.1) is 16.0 Å². The molecule has 1 aromatic carbocycles. The molecule has 0 aromatic heterocycles. The Morgan fingerprint density at radius 1 is 1.14 bits per heavy atom. The van der Waals surface area contributed by atoms with Crippen LogP contribution in [0.3, 0.4) is 0 Å². The first-order valence-corrected chi connectivity index (χ1v) is 10.4. The predicted molar refractivity (Wildman–Crippen MR) is 111 cm³/mol. The number of nitrogens with one attached hydrogen (secondary N) is 1. The average Bonchev–Trinajstić information content (AvgIpc) is 2.73. The maximum Gasteiger partial charge on any atom is 0.292 e. The zero-order valence-corrected chi connectivity index (χ0v) is 17.0. The first-order chi connectivity index (χ1) is 13.4. The number of amides is 1. The first kappa shape index (κ1) is 20.6. The van der Waals surface area contributed by atoms with E-state index in [2.05, 4.69) is 24.1 Å². The second-order valence-electron chi connectivity index (χ2n) is 8.59. The van der Waals surface area contributed by atoms with Crippen molar-refractivity contribution in [3.05, 3.63) is 34.4 Å². The van der Waals surface area contributed by atoms with Crippen LogP contribution < -0.4 is 10.2 Å². The van der Waals surface area contributed by atoms with Gasteiger partial charge in [-0.05, 0) is 58.7 Å². The largest absolute Gasteiger partial charge is 0.366 e. The monoisotopic (exact) mass is 388 g/mol. The van der Waals surface area contributed by atoms with Gasteiger partial charge < -0.3 is 10.2 Å². The van der Waals surface area contributed by atoms with Crippen LogP contribution in [0.25, 0.3) is 0 Å². The van der Waals surface area contributed by atoms with E-state index in [1.54, 1.807) is 12.1 Å². The third-order valence-corrected chi connectivity index (χ3v) is 6.19. The molecule has 0 radical (unpaired) electrons. The van der Waals surface area contributed by atoms with Gasteiger partial charge in [0.15, 0.2) is 0 Å². The van der Waals surface area contributed by atoms with Crippen molar-refractivity contribution in [2.45, 2.75) is 51.5 Å². The highest BCUT2D eigenvalue weighted by Gasteiger charge is 2.31. The smallest absolute Gasteiger partial charge is 0.292 e. The summed E-state index contributed by atoms with van der Waals surface area (Å²) in [6.07, 6.45) is 5.23. The topological polar surface area (TPSA) is 78.7 Å². The number of hydrogen-bond donors (Lipinski definition) is 1. The standard InChI is InChI=1S/C21H32N4O3/c1-21(2,24-12-6-3-7-13-24)16-22-20(26)17-10-14-23(15-11-17)18-8-4-5-9-19(18)25(27)28/h4-5,8-9,17H,3,6-7,10-16H2,1-2H3,(H,22,26). The van der Waals surface area contributed by atoms with Gasteiger partial charge >= 0.3 is 0 Å². The predicted octanol–water partition coefficient (Wildman–Crippen LogP) is 3.19. The van der Waals surface area contributed by atoms with Gasteiger partial charge in [0, 0.05) is 37.2 Å². The van der Waals surface area contributed by atoms with Gasteiger partial charge in [-0.1, -0.05) is 18.6 Å². The van der Waals surface area contributed by atoms with Gasteiger partial charge in [0.1, 0.15) is 5.69 Å². The number of benzene rings is 1. The van der Waals surface area contributed by atoms with E-state index in [0.717, 1.165) is 25.9 Å². The summed E-state index contributed by atoms with van der Waals surface area (Å²) in [4.78, 5) is 28.1. The number of likely N-dealkylation sites (tertiary alicyclic amines) is 1. The van der Waals surface area contributed by atoms with E-state index >= 15 is 0 Å². The van der Waals surface area contributed by atoms with Crippen LogP contribution in [0.2, 0.25) is 0 Å². The summed E-state index contributed by atoms with van der Waals surface area (Å²) in [5, 5.41) is 14.4. The third-order valence-electron chi connectivity index (χ3n) is 6.19. The average molecular weight is 389 g/mol. The molecule has 28 heavy (non-hydrogen) atoms.